The Hall–Kier alpha value is -4.44. The Balaban J connectivity index is 1.56. The topological polar surface area (TPSA) is 123 Å². The van der Waals surface area contributed by atoms with E-state index in [4.69, 9.17) is 24.7 Å². The second-order valence-corrected chi connectivity index (χ2v) is 9.65. The predicted molar refractivity (Wildman–Crippen MR) is 139 cm³/mol. The monoisotopic (exact) mass is 513 g/mol. The zero-order valence-electron chi connectivity index (χ0n) is 20.2. The predicted octanol–water partition coefficient (Wildman–Crippen LogP) is 4.28. The lowest BCUT2D eigenvalue weighted by molar-refractivity contribution is -0.765. The van der Waals surface area contributed by atoms with Crippen LogP contribution in [-0.4, -0.2) is 30.4 Å². The zero-order chi connectivity index (χ0) is 25.5. The zero-order valence-corrected chi connectivity index (χ0v) is 21.0. The lowest BCUT2D eigenvalue weighted by atomic mass is 9.98. The highest BCUT2D eigenvalue weighted by Crippen LogP contribution is 2.46. The Labute approximate surface area is 216 Å². The number of rotatable bonds is 7. The lowest BCUT2D eigenvalue weighted by Crippen LogP contribution is -2.32. The van der Waals surface area contributed by atoms with Crippen LogP contribution in [0.2, 0.25) is 0 Å². The summed E-state index contributed by atoms with van der Waals surface area (Å²) in [5, 5.41) is 17.8. The van der Waals surface area contributed by atoms with Crippen LogP contribution in [0.5, 0.6) is 11.5 Å². The van der Waals surface area contributed by atoms with Gasteiger partial charge in [0.1, 0.15) is 4.83 Å². The van der Waals surface area contributed by atoms with Gasteiger partial charge in [-0.15, -0.1) is 11.3 Å². The summed E-state index contributed by atoms with van der Waals surface area (Å²) in [7, 11) is 3.18. The molecule has 0 radical (unpaired) electrons. The molecule has 6 rings (SSSR count). The molecule has 3 heterocycles. The van der Waals surface area contributed by atoms with Gasteiger partial charge in [0.15, 0.2) is 17.5 Å². The van der Waals surface area contributed by atoms with Gasteiger partial charge >= 0.3 is 5.88 Å². The van der Waals surface area contributed by atoms with Crippen molar-refractivity contribution in [2.45, 2.75) is 18.9 Å². The quantitative estimate of drug-likeness (QED) is 0.196. The summed E-state index contributed by atoms with van der Waals surface area (Å²) in [6, 6.07) is 17.7. The summed E-state index contributed by atoms with van der Waals surface area (Å²) in [5.41, 5.74) is 10.1. The molecule has 1 aliphatic rings. The molecule has 0 bridgehead atoms. The first-order valence-electron chi connectivity index (χ1n) is 11.7. The van der Waals surface area contributed by atoms with Crippen molar-refractivity contribution >= 4 is 39.0 Å². The highest BCUT2D eigenvalue weighted by molar-refractivity contribution is 7.21. The lowest BCUT2D eigenvalue weighted by Gasteiger charge is -2.15. The Morgan fingerprint density at radius 1 is 1.11 bits per heavy atom. The van der Waals surface area contributed by atoms with Gasteiger partial charge in [0.05, 0.1) is 30.5 Å². The van der Waals surface area contributed by atoms with E-state index in [1.807, 2.05) is 54.6 Å². The summed E-state index contributed by atoms with van der Waals surface area (Å²) >= 11 is 1.20. The summed E-state index contributed by atoms with van der Waals surface area (Å²) in [5.74, 6) is 0.775. The van der Waals surface area contributed by atoms with Crippen LogP contribution < -0.4 is 25.0 Å². The highest BCUT2D eigenvalue weighted by atomic mass is 32.1. The molecule has 0 unspecified atom stereocenters. The number of anilines is 1. The highest BCUT2D eigenvalue weighted by Gasteiger charge is 2.35. The number of thiophene rings is 1. The molecule has 10 heteroatoms. The van der Waals surface area contributed by atoms with Crippen molar-refractivity contribution < 1.29 is 23.8 Å². The number of hydrogen-bond donors (Lipinski definition) is 1. The average molecular weight is 514 g/mol. The van der Waals surface area contributed by atoms with E-state index in [-0.39, 0.29) is 10.8 Å². The van der Waals surface area contributed by atoms with Crippen molar-refractivity contribution in [2.75, 3.05) is 20.0 Å². The van der Waals surface area contributed by atoms with Crippen LogP contribution in [0, 0.1) is 0 Å². The van der Waals surface area contributed by atoms with Crippen LogP contribution >= 0.6 is 11.3 Å². The third kappa shape index (κ3) is 4.15. The van der Waals surface area contributed by atoms with E-state index in [0.717, 1.165) is 35.2 Å². The largest absolute Gasteiger partial charge is 0.857 e. The Morgan fingerprint density at radius 2 is 1.92 bits per heavy atom. The number of fused-ring (bicyclic) bond motifs is 1. The number of nitrogens with zero attached hydrogens (tertiary/aromatic N) is 4. The second kappa shape index (κ2) is 9.21. The number of para-hydroxylation sites is 1. The molecule has 1 saturated carbocycles. The van der Waals surface area contributed by atoms with Gasteiger partial charge < -0.3 is 20.3 Å². The maximum Gasteiger partial charge on any atom is 0.320 e. The van der Waals surface area contributed by atoms with E-state index in [1.165, 1.54) is 11.3 Å². The van der Waals surface area contributed by atoms with Gasteiger partial charge in [0.2, 0.25) is 5.27 Å². The van der Waals surface area contributed by atoms with E-state index < -0.39 is 5.90 Å². The molecular formula is C27H23N5O4S. The minimum absolute atomic E-state index is 0.140. The molecule has 2 aromatic carbocycles. The van der Waals surface area contributed by atoms with E-state index in [9.17, 15) is 5.11 Å². The van der Waals surface area contributed by atoms with Crippen LogP contribution in [0.3, 0.4) is 0 Å². The van der Waals surface area contributed by atoms with Gasteiger partial charge in [-0.05, 0) is 16.8 Å². The molecule has 3 aromatic heterocycles. The molecular weight excluding hydrogens is 490 g/mol. The first-order valence-corrected chi connectivity index (χ1v) is 12.5. The first-order chi connectivity index (χ1) is 18.1. The summed E-state index contributed by atoms with van der Waals surface area (Å²) in [4.78, 5) is 9.89. The fourth-order valence-corrected chi connectivity index (χ4v) is 5.31. The number of ether oxygens (including phenoxy) is 2. The number of hydrogen-bond acceptors (Lipinski definition) is 9. The number of nitrogens with two attached hydrogens (primary N) is 1. The Kier molecular flexibility index (Phi) is 5.72. The molecule has 0 saturated heterocycles. The third-order valence-corrected chi connectivity index (χ3v) is 7.35. The van der Waals surface area contributed by atoms with Crippen molar-refractivity contribution in [3.8, 4) is 33.9 Å². The molecule has 186 valence electrons. The number of aliphatic imine (C=N–C) groups is 1. The van der Waals surface area contributed by atoms with Crippen molar-refractivity contribution in [1.82, 2.24) is 10.3 Å². The number of methoxy groups -OCH3 is 2. The fraction of sp³-hybridized carbons (Fsp3) is 0.185. The Morgan fingerprint density at radius 3 is 2.65 bits per heavy atom. The molecule has 0 spiro atoms. The van der Waals surface area contributed by atoms with Gasteiger partial charge in [-0.1, -0.05) is 42.5 Å². The van der Waals surface area contributed by atoms with Crippen LogP contribution in [0.15, 0.2) is 70.3 Å². The van der Waals surface area contributed by atoms with Crippen LogP contribution in [0.4, 0.5) is 11.6 Å². The Bertz CT molecular complexity index is 1640. The second-order valence-electron chi connectivity index (χ2n) is 8.66. The van der Waals surface area contributed by atoms with Crippen LogP contribution in [-0.2, 0) is 0 Å². The maximum atomic E-state index is 13.2. The number of aromatic nitrogens is 3. The average Bonchev–Trinajstić information content (AvgIpc) is 3.59. The molecule has 0 atom stereocenters. The van der Waals surface area contributed by atoms with E-state index in [1.54, 1.807) is 25.1 Å². The van der Waals surface area contributed by atoms with Crippen molar-refractivity contribution in [3.05, 3.63) is 65.7 Å². The van der Waals surface area contributed by atoms with Gasteiger partial charge in [-0.25, -0.2) is 9.98 Å². The summed E-state index contributed by atoms with van der Waals surface area (Å²) in [6.45, 7) is 0. The molecule has 37 heavy (non-hydrogen) atoms. The van der Waals surface area contributed by atoms with Gasteiger partial charge in [0.25, 0.3) is 6.20 Å². The van der Waals surface area contributed by atoms with E-state index in [0.29, 0.717) is 33.4 Å². The molecule has 9 nitrogen and oxygen atoms in total. The van der Waals surface area contributed by atoms with Crippen molar-refractivity contribution in [3.63, 3.8) is 0 Å². The van der Waals surface area contributed by atoms with Crippen LogP contribution in [0.25, 0.3) is 32.6 Å². The number of nitrogen functional groups attached to an aromatic ring is 1. The van der Waals surface area contributed by atoms with Crippen molar-refractivity contribution in [1.29, 1.82) is 0 Å². The van der Waals surface area contributed by atoms with E-state index in [2.05, 4.69) is 10.3 Å². The third-order valence-electron chi connectivity index (χ3n) is 6.26. The molecule has 1 aliphatic carbocycles. The molecule has 0 amide bonds. The van der Waals surface area contributed by atoms with Gasteiger partial charge in [0, 0.05) is 40.8 Å². The number of pyridine rings is 1. The van der Waals surface area contributed by atoms with Crippen LogP contribution in [0.1, 0.15) is 23.8 Å². The molecule has 1 fully saturated rings. The first kappa shape index (κ1) is 23.0. The molecule has 0 aliphatic heterocycles. The molecule has 5 aromatic rings. The normalized spacial score (nSPS) is 13.7. The van der Waals surface area contributed by atoms with Crippen molar-refractivity contribution in [2.24, 2.45) is 4.99 Å². The smallest absolute Gasteiger partial charge is 0.320 e. The maximum absolute atomic E-state index is 13.2. The van der Waals surface area contributed by atoms with E-state index >= 15 is 0 Å². The number of benzene rings is 2. The fourth-order valence-electron chi connectivity index (χ4n) is 4.31. The SMILES string of the molecule is COc1cccc(-c2cc(-c3ccccc3)nc3sc(/C([O-])=N/c4c[n+](C5CC5)no4)c(N)c23)c1OC. The van der Waals surface area contributed by atoms with Gasteiger partial charge in [-0.2, -0.15) is 0 Å². The summed E-state index contributed by atoms with van der Waals surface area (Å²) in [6.07, 6.45) is 3.72. The minimum Gasteiger partial charge on any atom is -0.857 e. The summed E-state index contributed by atoms with van der Waals surface area (Å²) < 4.78 is 18.2. The minimum atomic E-state index is -0.510. The molecule has 2 N–H and O–H groups in total. The van der Waals surface area contributed by atoms with Gasteiger partial charge in [-0.3, -0.25) is 4.52 Å². The standard InChI is InChI=1S/C27H23N5O4S/c1-34-20-10-6-9-17(24(20)35-2)18-13-19(15-7-4-3-5-8-15)29-27-22(18)23(28)25(37-27)26(33)30-21-14-32(31-36-21)16-11-12-16/h3-10,13-14,16H,11-12H2,1-2H3,(H2-,28,30,31,33).